The molecule has 0 unspecified atom stereocenters. The lowest BCUT2D eigenvalue weighted by molar-refractivity contribution is -0.384. The molecule has 0 fully saturated rings. The Morgan fingerprint density at radius 3 is 2.76 bits per heavy atom. The van der Waals surface area contributed by atoms with E-state index in [9.17, 15) is 19.7 Å². The van der Waals surface area contributed by atoms with Gasteiger partial charge in [-0.2, -0.15) is 0 Å². The van der Waals surface area contributed by atoms with Crippen LogP contribution in [0.15, 0.2) is 76.0 Å². The van der Waals surface area contributed by atoms with E-state index in [1.165, 1.54) is 36.6 Å². The molecule has 168 valence electrons. The smallest absolute Gasteiger partial charge is 0.379 e. The number of para-hydroxylation sites is 1. The van der Waals surface area contributed by atoms with Crippen LogP contribution in [-0.2, 0) is 9.53 Å². The molecule has 0 saturated heterocycles. The predicted octanol–water partition coefficient (Wildman–Crippen LogP) is 5.62. The topological polar surface area (TPSA) is 121 Å². The second-order valence-electron chi connectivity index (χ2n) is 6.92. The molecule has 5 rings (SSSR count). The first-order valence-electron chi connectivity index (χ1n) is 9.65. The third kappa shape index (κ3) is 3.96. The Morgan fingerprint density at radius 1 is 1.18 bits per heavy atom. The molecule has 3 heterocycles. The fourth-order valence-corrected chi connectivity index (χ4v) is 4.67. The minimum Gasteiger partial charge on any atom is -0.457 e. The number of non-ortho nitro benzene ring substituents is 1. The number of nitro groups is 1. The Hall–Kier alpha value is -4.28. The highest BCUT2D eigenvalue weighted by molar-refractivity contribution is 7.21. The minimum absolute atomic E-state index is 0.0184. The molecule has 2 aromatic carbocycles. The SMILES string of the molecule is O=C1OC(c2sc3cc([N+](=O)[O-])ccc3c2Cl)=N/C1=C/c1ccccc1OC(=O)c1ccco1. The maximum absolute atomic E-state index is 12.5. The molecule has 0 amide bonds. The molecule has 0 N–H and O–H groups in total. The fraction of sp³-hybridized carbons (Fsp3) is 0. The van der Waals surface area contributed by atoms with E-state index in [0.29, 0.717) is 20.5 Å². The van der Waals surface area contributed by atoms with Gasteiger partial charge in [0, 0.05) is 27.8 Å². The summed E-state index contributed by atoms with van der Waals surface area (Å²) in [6.07, 6.45) is 2.78. The van der Waals surface area contributed by atoms with Crippen LogP contribution in [0.3, 0.4) is 0 Å². The first kappa shape index (κ1) is 21.6. The summed E-state index contributed by atoms with van der Waals surface area (Å²) < 4.78 is 16.3. The maximum Gasteiger partial charge on any atom is 0.379 e. The lowest BCUT2D eigenvalue weighted by Gasteiger charge is -2.06. The highest BCUT2D eigenvalue weighted by Gasteiger charge is 2.29. The number of halogens is 1. The van der Waals surface area contributed by atoms with E-state index in [1.807, 2.05) is 0 Å². The minimum atomic E-state index is -0.721. The van der Waals surface area contributed by atoms with Gasteiger partial charge in [-0.05, 0) is 30.3 Å². The molecule has 11 heteroatoms. The molecule has 0 bridgehead atoms. The molecule has 1 aliphatic heterocycles. The van der Waals surface area contributed by atoms with Crippen LogP contribution in [0, 0.1) is 10.1 Å². The number of aliphatic imine (C=N–C) groups is 1. The fourth-order valence-electron chi connectivity index (χ4n) is 3.20. The predicted molar refractivity (Wildman–Crippen MR) is 124 cm³/mol. The third-order valence-corrected chi connectivity index (χ3v) is 6.42. The van der Waals surface area contributed by atoms with Crippen LogP contribution in [0.4, 0.5) is 5.69 Å². The summed E-state index contributed by atoms with van der Waals surface area (Å²) in [7, 11) is 0. The Bertz CT molecular complexity index is 1540. The number of hydrogen-bond acceptors (Lipinski definition) is 9. The van der Waals surface area contributed by atoms with E-state index in [4.69, 9.17) is 25.5 Å². The van der Waals surface area contributed by atoms with E-state index in [2.05, 4.69) is 4.99 Å². The van der Waals surface area contributed by atoms with Gasteiger partial charge in [-0.1, -0.05) is 29.8 Å². The van der Waals surface area contributed by atoms with Gasteiger partial charge in [-0.15, -0.1) is 11.3 Å². The third-order valence-electron chi connectivity index (χ3n) is 4.77. The molecular formula is C23H11ClN2O7S. The van der Waals surface area contributed by atoms with Gasteiger partial charge in [-0.3, -0.25) is 10.1 Å². The van der Waals surface area contributed by atoms with Gasteiger partial charge < -0.3 is 13.9 Å². The van der Waals surface area contributed by atoms with Gasteiger partial charge in [0.15, 0.2) is 5.70 Å². The average Bonchev–Trinajstić information content (AvgIpc) is 3.55. The molecule has 4 aromatic rings. The molecule has 9 nitrogen and oxygen atoms in total. The maximum atomic E-state index is 12.5. The number of furan rings is 1. The molecular weight excluding hydrogens is 484 g/mol. The summed E-state index contributed by atoms with van der Waals surface area (Å²) in [6.45, 7) is 0. The van der Waals surface area contributed by atoms with Crippen molar-refractivity contribution in [2.75, 3.05) is 0 Å². The standard InChI is InChI=1S/C23H11ClN2O7S/c24-19-14-8-7-13(26(29)30)11-18(14)34-20(19)21-25-15(22(27)33-21)10-12-4-1-2-5-16(12)32-23(28)17-6-3-9-31-17/h1-11H/b15-10+. The van der Waals surface area contributed by atoms with Crippen LogP contribution in [0.25, 0.3) is 16.2 Å². The van der Waals surface area contributed by atoms with Crippen LogP contribution in [0.5, 0.6) is 5.75 Å². The van der Waals surface area contributed by atoms with Gasteiger partial charge in [0.25, 0.3) is 5.69 Å². The van der Waals surface area contributed by atoms with Crippen molar-refractivity contribution in [3.8, 4) is 5.75 Å². The van der Waals surface area contributed by atoms with Crippen LogP contribution in [0.1, 0.15) is 21.0 Å². The van der Waals surface area contributed by atoms with Crippen molar-refractivity contribution >= 4 is 62.6 Å². The number of carbonyl (C=O) groups is 2. The first-order valence-corrected chi connectivity index (χ1v) is 10.8. The van der Waals surface area contributed by atoms with Crippen LogP contribution >= 0.6 is 22.9 Å². The molecule has 2 aromatic heterocycles. The van der Waals surface area contributed by atoms with E-state index in [1.54, 1.807) is 30.3 Å². The largest absolute Gasteiger partial charge is 0.457 e. The number of nitro benzene ring substituents is 1. The lowest BCUT2D eigenvalue weighted by Crippen LogP contribution is -2.08. The molecule has 34 heavy (non-hydrogen) atoms. The Labute approximate surface area is 199 Å². The molecule has 0 radical (unpaired) electrons. The highest BCUT2D eigenvalue weighted by Crippen LogP contribution is 2.39. The molecule has 0 spiro atoms. The zero-order valence-corrected chi connectivity index (χ0v) is 18.5. The quantitative estimate of drug-likeness (QED) is 0.116. The van der Waals surface area contributed by atoms with Crippen molar-refractivity contribution in [1.29, 1.82) is 0 Å². The van der Waals surface area contributed by atoms with E-state index in [0.717, 1.165) is 11.3 Å². The van der Waals surface area contributed by atoms with Gasteiger partial charge in [-0.25, -0.2) is 14.6 Å². The zero-order chi connectivity index (χ0) is 23.8. The average molecular weight is 495 g/mol. The summed E-state index contributed by atoms with van der Waals surface area (Å²) in [5.74, 6) is -1.21. The number of benzene rings is 2. The Balaban J connectivity index is 1.48. The van der Waals surface area contributed by atoms with Crippen LogP contribution in [0.2, 0.25) is 5.02 Å². The molecule has 0 atom stereocenters. The van der Waals surface area contributed by atoms with E-state index >= 15 is 0 Å². The van der Waals surface area contributed by atoms with E-state index < -0.39 is 16.9 Å². The Kier molecular flexibility index (Phi) is 5.44. The van der Waals surface area contributed by atoms with Gasteiger partial charge in [0.1, 0.15) is 10.6 Å². The van der Waals surface area contributed by atoms with Crippen molar-refractivity contribution in [2.24, 2.45) is 4.99 Å². The molecule has 0 saturated carbocycles. The monoisotopic (exact) mass is 494 g/mol. The van der Waals surface area contributed by atoms with Crippen LogP contribution < -0.4 is 4.74 Å². The number of carbonyl (C=O) groups excluding carboxylic acids is 2. The summed E-state index contributed by atoms with van der Waals surface area (Å²) in [6, 6.07) is 13.9. The zero-order valence-electron chi connectivity index (χ0n) is 16.9. The summed E-state index contributed by atoms with van der Waals surface area (Å²) >= 11 is 7.56. The van der Waals surface area contributed by atoms with Crippen molar-refractivity contribution < 1.29 is 28.4 Å². The van der Waals surface area contributed by atoms with Crippen molar-refractivity contribution in [3.63, 3.8) is 0 Å². The second kappa shape index (κ2) is 8.58. The number of thiophene rings is 1. The van der Waals surface area contributed by atoms with E-state index in [-0.39, 0.29) is 33.8 Å². The number of rotatable bonds is 5. The van der Waals surface area contributed by atoms with Gasteiger partial charge in [0.05, 0.1) is 16.2 Å². The summed E-state index contributed by atoms with van der Waals surface area (Å²) in [4.78, 5) is 39.9. The van der Waals surface area contributed by atoms with Crippen molar-refractivity contribution in [3.05, 3.63) is 97.9 Å². The lowest BCUT2D eigenvalue weighted by atomic mass is 10.1. The van der Waals surface area contributed by atoms with Gasteiger partial charge in [0.2, 0.25) is 11.7 Å². The van der Waals surface area contributed by atoms with Crippen molar-refractivity contribution in [1.82, 2.24) is 0 Å². The summed E-state index contributed by atoms with van der Waals surface area (Å²) in [5, 5.41) is 11.9. The number of nitrogens with zero attached hydrogens (tertiary/aromatic N) is 2. The molecule has 0 aliphatic carbocycles. The second-order valence-corrected chi connectivity index (χ2v) is 8.35. The number of ether oxygens (including phenoxy) is 2. The first-order chi connectivity index (χ1) is 16.4. The van der Waals surface area contributed by atoms with Gasteiger partial charge >= 0.3 is 11.9 Å². The Morgan fingerprint density at radius 2 is 2.00 bits per heavy atom. The normalized spacial score (nSPS) is 14.3. The highest BCUT2D eigenvalue weighted by atomic mass is 35.5. The number of hydrogen-bond donors (Lipinski definition) is 0. The number of esters is 2. The van der Waals surface area contributed by atoms with Crippen LogP contribution in [-0.4, -0.2) is 22.8 Å². The number of cyclic esters (lactones) is 1. The number of fused-ring (bicyclic) bond motifs is 1. The van der Waals surface area contributed by atoms with Crippen molar-refractivity contribution in [2.45, 2.75) is 0 Å². The molecule has 1 aliphatic rings. The summed E-state index contributed by atoms with van der Waals surface area (Å²) in [5.41, 5.74) is 0.303.